The lowest BCUT2D eigenvalue weighted by Gasteiger charge is -2.49. The number of hydrogen-bond acceptors (Lipinski definition) is 6. The van der Waals surface area contributed by atoms with Gasteiger partial charge in [-0.1, -0.05) is 30.3 Å². The summed E-state index contributed by atoms with van der Waals surface area (Å²) < 4.78 is 11.0. The third-order valence-electron chi connectivity index (χ3n) is 4.75. The van der Waals surface area contributed by atoms with Crippen molar-refractivity contribution in [2.24, 2.45) is 0 Å². The van der Waals surface area contributed by atoms with Crippen LogP contribution in [0.15, 0.2) is 40.9 Å². The molecule has 0 bridgehead atoms. The Hall–Kier alpha value is -2.22. The molecule has 2 N–H and O–H groups in total. The van der Waals surface area contributed by atoms with Gasteiger partial charge < -0.3 is 19.6 Å². The molecule has 1 saturated heterocycles. The minimum absolute atomic E-state index is 0.0231. The molecule has 7 heteroatoms. The smallest absolute Gasteiger partial charge is 0.307 e. The Morgan fingerprint density at radius 2 is 2.19 bits per heavy atom. The van der Waals surface area contributed by atoms with E-state index in [9.17, 15) is 9.90 Å². The molecule has 1 aliphatic heterocycles. The van der Waals surface area contributed by atoms with Crippen molar-refractivity contribution < 1.29 is 19.1 Å². The topological polar surface area (TPSA) is 87.8 Å². The second-order valence-corrected chi connectivity index (χ2v) is 6.82. The molecular formula is C19H25N3O4. The fourth-order valence-corrected chi connectivity index (χ4v) is 3.29. The van der Waals surface area contributed by atoms with Gasteiger partial charge in [0, 0.05) is 19.1 Å². The second kappa shape index (κ2) is 7.99. The van der Waals surface area contributed by atoms with Gasteiger partial charge in [0.05, 0.1) is 31.6 Å². The molecule has 1 amide bonds. The maximum absolute atomic E-state index is 12.3. The summed E-state index contributed by atoms with van der Waals surface area (Å²) in [6, 6.07) is 10.2. The molecule has 2 heterocycles. The van der Waals surface area contributed by atoms with Crippen LogP contribution in [0.5, 0.6) is 0 Å². The summed E-state index contributed by atoms with van der Waals surface area (Å²) in [5, 5.41) is 13.0. The summed E-state index contributed by atoms with van der Waals surface area (Å²) in [5.74, 6) is 0.200. The zero-order valence-corrected chi connectivity index (χ0v) is 15.1. The van der Waals surface area contributed by atoms with Crippen molar-refractivity contribution in [3.05, 3.63) is 53.7 Å². The number of aromatic nitrogens is 1. The van der Waals surface area contributed by atoms with Crippen LogP contribution in [0, 0.1) is 6.92 Å². The van der Waals surface area contributed by atoms with Crippen molar-refractivity contribution in [3.63, 3.8) is 0 Å². The predicted octanol–water partition coefficient (Wildman–Crippen LogP) is 1.36. The van der Waals surface area contributed by atoms with Gasteiger partial charge in [0.1, 0.15) is 5.76 Å². The highest BCUT2D eigenvalue weighted by Crippen LogP contribution is 2.26. The quantitative estimate of drug-likeness (QED) is 0.810. The van der Waals surface area contributed by atoms with E-state index in [1.165, 1.54) is 6.20 Å². The number of aliphatic hydroxyl groups is 1. The first-order valence-corrected chi connectivity index (χ1v) is 8.74. The van der Waals surface area contributed by atoms with Gasteiger partial charge in [-0.3, -0.25) is 9.69 Å². The van der Waals surface area contributed by atoms with Crippen molar-refractivity contribution in [2.75, 3.05) is 26.4 Å². The second-order valence-electron chi connectivity index (χ2n) is 6.82. The Bertz CT molecular complexity index is 733. The van der Waals surface area contributed by atoms with Gasteiger partial charge in [-0.25, -0.2) is 4.98 Å². The van der Waals surface area contributed by atoms with Gasteiger partial charge >= 0.3 is 5.91 Å². The average Bonchev–Trinajstić information content (AvgIpc) is 3.09. The summed E-state index contributed by atoms with van der Waals surface area (Å²) in [6.07, 6.45) is 1.50. The molecule has 140 valence electrons. The zero-order chi connectivity index (χ0) is 18.6. The summed E-state index contributed by atoms with van der Waals surface area (Å²) >= 11 is 0. The molecule has 2 atom stereocenters. The van der Waals surface area contributed by atoms with E-state index in [0.29, 0.717) is 25.5 Å². The van der Waals surface area contributed by atoms with E-state index < -0.39 is 11.4 Å². The minimum atomic E-state index is -0.704. The lowest BCUT2D eigenvalue weighted by molar-refractivity contribution is -0.121. The van der Waals surface area contributed by atoms with Gasteiger partial charge in [-0.15, -0.1) is 0 Å². The Kier molecular flexibility index (Phi) is 5.70. The number of rotatable bonds is 6. The van der Waals surface area contributed by atoms with E-state index in [0.717, 1.165) is 5.56 Å². The van der Waals surface area contributed by atoms with Crippen molar-refractivity contribution in [1.82, 2.24) is 15.2 Å². The maximum atomic E-state index is 12.3. The van der Waals surface area contributed by atoms with E-state index in [4.69, 9.17) is 9.15 Å². The number of nitrogens with one attached hydrogen (secondary N) is 1. The Labute approximate surface area is 153 Å². The lowest BCUT2D eigenvalue weighted by Crippen LogP contribution is -2.66. The molecule has 0 radical (unpaired) electrons. The van der Waals surface area contributed by atoms with E-state index in [1.54, 1.807) is 6.92 Å². The van der Waals surface area contributed by atoms with Crippen LogP contribution in [0.2, 0.25) is 0 Å². The number of aliphatic hydroxyl groups excluding tert-OH is 1. The van der Waals surface area contributed by atoms with Crippen molar-refractivity contribution in [1.29, 1.82) is 0 Å². The maximum Gasteiger partial charge on any atom is 0.307 e. The SMILES string of the molecule is Cc1cnc(C(=O)NC[C@]2(CO)COC[C@@H](C)N2Cc2ccccc2)o1. The summed E-state index contributed by atoms with van der Waals surface area (Å²) in [5.41, 5.74) is 0.443. The van der Waals surface area contributed by atoms with Gasteiger partial charge in [0.15, 0.2) is 0 Å². The average molecular weight is 359 g/mol. The molecule has 0 unspecified atom stereocenters. The first-order chi connectivity index (χ1) is 12.5. The van der Waals surface area contributed by atoms with Crippen LogP contribution in [-0.2, 0) is 11.3 Å². The number of ether oxygens (including phenoxy) is 1. The highest BCUT2D eigenvalue weighted by molar-refractivity contribution is 5.89. The number of carbonyl (C=O) groups excluding carboxylic acids is 1. The number of nitrogens with zero attached hydrogens (tertiary/aromatic N) is 2. The normalized spacial score (nSPS) is 23.7. The molecule has 1 aromatic heterocycles. The largest absolute Gasteiger partial charge is 0.438 e. The van der Waals surface area contributed by atoms with Crippen LogP contribution >= 0.6 is 0 Å². The van der Waals surface area contributed by atoms with Crippen LogP contribution in [0.3, 0.4) is 0 Å². The van der Waals surface area contributed by atoms with E-state index in [2.05, 4.69) is 34.3 Å². The van der Waals surface area contributed by atoms with Crippen LogP contribution in [0.4, 0.5) is 0 Å². The van der Waals surface area contributed by atoms with E-state index >= 15 is 0 Å². The van der Waals surface area contributed by atoms with Crippen LogP contribution in [0.25, 0.3) is 0 Å². The third kappa shape index (κ3) is 3.95. The number of amides is 1. The number of morpholine rings is 1. The van der Waals surface area contributed by atoms with Crippen LogP contribution < -0.4 is 5.32 Å². The molecule has 1 fully saturated rings. The lowest BCUT2D eigenvalue weighted by atomic mass is 9.94. The summed E-state index contributed by atoms with van der Waals surface area (Å²) in [6.45, 7) is 5.49. The third-order valence-corrected chi connectivity index (χ3v) is 4.75. The molecule has 0 saturated carbocycles. The summed E-state index contributed by atoms with van der Waals surface area (Å²) in [7, 11) is 0. The minimum Gasteiger partial charge on any atom is -0.438 e. The fourth-order valence-electron chi connectivity index (χ4n) is 3.29. The van der Waals surface area contributed by atoms with Crippen molar-refractivity contribution >= 4 is 5.91 Å². The van der Waals surface area contributed by atoms with Crippen molar-refractivity contribution in [2.45, 2.75) is 32.0 Å². The Morgan fingerprint density at radius 1 is 1.42 bits per heavy atom. The number of hydrogen-bond donors (Lipinski definition) is 2. The standard InChI is InChI=1S/C19H25N3O4/c1-14-10-25-13-19(12-23,22(14)9-16-6-4-3-5-7-16)11-21-17(24)18-20-8-15(2)26-18/h3-8,14,23H,9-13H2,1-2H3,(H,21,24)/t14-,19+/m1/s1. The van der Waals surface area contributed by atoms with Gasteiger partial charge in [0.25, 0.3) is 5.89 Å². The molecule has 1 aromatic carbocycles. The highest BCUT2D eigenvalue weighted by atomic mass is 16.5. The monoisotopic (exact) mass is 359 g/mol. The predicted molar refractivity (Wildman–Crippen MR) is 95.7 cm³/mol. The molecule has 3 rings (SSSR count). The van der Waals surface area contributed by atoms with Gasteiger partial charge in [-0.05, 0) is 19.4 Å². The van der Waals surface area contributed by atoms with Crippen LogP contribution in [-0.4, -0.2) is 58.8 Å². The molecule has 1 aliphatic rings. The zero-order valence-electron chi connectivity index (χ0n) is 15.1. The molecule has 26 heavy (non-hydrogen) atoms. The number of oxazole rings is 1. The van der Waals surface area contributed by atoms with E-state index in [-0.39, 0.29) is 25.1 Å². The molecule has 2 aromatic rings. The molecule has 7 nitrogen and oxygen atoms in total. The molecular weight excluding hydrogens is 334 g/mol. The Balaban J connectivity index is 1.75. The number of aryl methyl sites for hydroxylation is 1. The number of benzene rings is 1. The Morgan fingerprint density at radius 3 is 2.85 bits per heavy atom. The molecule has 0 spiro atoms. The van der Waals surface area contributed by atoms with E-state index in [1.807, 2.05) is 18.2 Å². The van der Waals surface area contributed by atoms with Crippen molar-refractivity contribution in [3.8, 4) is 0 Å². The van der Waals surface area contributed by atoms with Gasteiger partial charge in [-0.2, -0.15) is 0 Å². The summed E-state index contributed by atoms with van der Waals surface area (Å²) in [4.78, 5) is 18.4. The van der Waals surface area contributed by atoms with Gasteiger partial charge in [0.2, 0.25) is 0 Å². The number of carbonyl (C=O) groups is 1. The van der Waals surface area contributed by atoms with Crippen LogP contribution in [0.1, 0.15) is 28.9 Å². The first-order valence-electron chi connectivity index (χ1n) is 8.74. The first kappa shape index (κ1) is 18.6. The highest BCUT2D eigenvalue weighted by Gasteiger charge is 2.43. The molecule has 0 aliphatic carbocycles. The fraction of sp³-hybridized carbons (Fsp3) is 0.474.